The Morgan fingerprint density at radius 1 is 1.14 bits per heavy atom. The number of hydrogen-bond donors (Lipinski definition) is 1. The summed E-state index contributed by atoms with van der Waals surface area (Å²) in [5.74, 6) is -0.924. The first-order valence-corrected chi connectivity index (χ1v) is 7.64. The lowest BCUT2D eigenvalue weighted by molar-refractivity contribution is 0.0696. The Morgan fingerprint density at radius 2 is 1.95 bits per heavy atom. The molecular formula is C20H19O2. The van der Waals surface area contributed by atoms with Crippen LogP contribution in [-0.2, 0) is 11.8 Å². The summed E-state index contributed by atoms with van der Waals surface area (Å²) < 4.78 is 0. The van der Waals surface area contributed by atoms with E-state index in [2.05, 4.69) is 42.5 Å². The number of allylic oxidation sites excluding steroid dienone is 2. The highest BCUT2D eigenvalue weighted by atomic mass is 16.4. The Kier molecular flexibility index (Phi) is 4.10. The van der Waals surface area contributed by atoms with Gasteiger partial charge in [-0.2, -0.15) is 0 Å². The van der Waals surface area contributed by atoms with E-state index in [-0.39, 0.29) is 11.0 Å². The van der Waals surface area contributed by atoms with Crippen LogP contribution in [-0.4, -0.2) is 11.1 Å². The number of rotatable bonds is 4. The normalized spacial score (nSPS) is 20.7. The van der Waals surface area contributed by atoms with Crippen molar-refractivity contribution in [2.75, 3.05) is 0 Å². The molecule has 3 rings (SSSR count). The monoisotopic (exact) mass is 291 g/mol. The molecule has 1 atom stereocenters. The molecule has 0 fully saturated rings. The molecule has 0 saturated heterocycles. The van der Waals surface area contributed by atoms with E-state index in [0.29, 0.717) is 0 Å². The average molecular weight is 291 g/mol. The third kappa shape index (κ3) is 2.96. The van der Waals surface area contributed by atoms with Crippen molar-refractivity contribution >= 4 is 5.97 Å². The van der Waals surface area contributed by atoms with Crippen molar-refractivity contribution in [3.05, 3.63) is 83.4 Å². The highest BCUT2D eigenvalue weighted by Gasteiger charge is 2.32. The van der Waals surface area contributed by atoms with Crippen molar-refractivity contribution < 1.29 is 9.90 Å². The number of carboxylic acids is 1. The third-order valence-electron chi connectivity index (χ3n) is 4.51. The molecule has 2 nitrogen and oxygen atoms in total. The van der Waals surface area contributed by atoms with Crippen LogP contribution in [0.1, 0.15) is 40.7 Å². The zero-order chi connectivity index (χ0) is 15.4. The molecule has 1 radical (unpaired) electrons. The average Bonchev–Trinajstić information content (AvgIpc) is 2.57. The number of hydrogen-bond acceptors (Lipinski definition) is 1. The maximum atomic E-state index is 11.0. The van der Waals surface area contributed by atoms with Gasteiger partial charge < -0.3 is 5.11 Å². The van der Waals surface area contributed by atoms with Crippen molar-refractivity contribution in [1.82, 2.24) is 0 Å². The third-order valence-corrected chi connectivity index (χ3v) is 4.51. The summed E-state index contributed by atoms with van der Waals surface area (Å²) in [6.45, 7) is 0. The molecule has 0 heterocycles. The zero-order valence-corrected chi connectivity index (χ0v) is 12.5. The Labute approximate surface area is 131 Å². The van der Waals surface area contributed by atoms with Crippen LogP contribution in [0, 0.1) is 6.07 Å². The first kappa shape index (κ1) is 14.6. The topological polar surface area (TPSA) is 37.3 Å². The Morgan fingerprint density at radius 3 is 2.55 bits per heavy atom. The fourth-order valence-electron chi connectivity index (χ4n) is 3.29. The van der Waals surface area contributed by atoms with Crippen LogP contribution < -0.4 is 0 Å². The van der Waals surface area contributed by atoms with Crippen LogP contribution in [0.3, 0.4) is 0 Å². The standard InChI is InChI=1S/C20H19O2/c21-19(22)17-9-11-18(12-10-17)20(13-5-2-6-14-20)15-16-7-3-1-4-8-16/h1-5,7-9,11-12H,6,13-15H2,(H,21,22). The quantitative estimate of drug-likeness (QED) is 0.847. The predicted molar refractivity (Wildman–Crippen MR) is 87.1 cm³/mol. The van der Waals surface area contributed by atoms with Crippen molar-refractivity contribution in [3.63, 3.8) is 0 Å². The highest BCUT2D eigenvalue weighted by molar-refractivity contribution is 5.87. The van der Waals surface area contributed by atoms with Gasteiger partial charge in [0.2, 0.25) is 0 Å². The molecule has 0 aromatic heterocycles. The maximum absolute atomic E-state index is 11.0. The van der Waals surface area contributed by atoms with Gasteiger partial charge in [-0.3, -0.25) is 0 Å². The Balaban J connectivity index is 1.95. The van der Waals surface area contributed by atoms with Gasteiger partial charge in [0.1, 0.15) is 0 Å². The summed E-state index contributed by atoms with van der Waals surface area (Å²) >= 11 is 0. The van der Waals surface area contributed by atoms with Gasteiger partial charge in [0, 0.05) is 5.41 Å². The molecule has 1 N–H and O–H groups in total. The molecule has 2 heteroatoms. The summed E-state index contributed by atoms with van der Waals surface area (Å²) in [5, 5.41) is 9.04. The van der Waals surface area contributed by atoms with E-state index in [1.54, 1.807) is 6.07 Å². The van der Waals surface area contributed by atoms with E-state index >= 15 is 0 Å². The SMILES string of the molecule is O=C(O)c1[c]cc(C2(Cc3ccccc3)CC=CCC2)cc1. The van der Waals surface area contributed by atoms with Crippen LogP contribution in [0.5, 0.6) is 0 Å². The molecule has 2 aromatic rings. The van der Waals surface area contributed by atoms with Gasteiger partial charge in [0.25, 0.3) is 0 Å². The van der Waals surface area contributed by atoms with Crippen LogP contribution in [0.15, 0.2) is 60.7 Å². The summed E-state index contributed by atoms with van der Waals surface area (Å²) in [4.78, 5) is 11.0. The van der Waals surface area contributed by atoms with Gasteiger partial charge >= 0.3 is 5.97 Å². The van der Waals surface area contributed by atoms with Gasteiger partial charge in [-0.1, -0.05) is 48.6 Å². The van der Waals surface area contributed by atoms with Crippen molar-refractivity contribution in [3.8, 4) is 0 Å². The van der Waals surface area contributed by atoms with Gasteiger partial charge in [0.05, 0.1) is 5.56 Å². The van der Waals surface area contributed by atoms with Crippen LogP contribution >= 0.6 is 0 Å². The van der Waals surface area contributed by atoms with E-state index in [9.17, 15) is 4.79 Å². The van der Waals surface area contributed by atoms with E-state index in [1.165, 1.54) is 11.1 Å². The van der Waals surface area contributed by atoms with Gasteiger partial charge in [-0.05, 0) is 55.0 Å². The lowest BCUT2D eigenvalue weighted by Crippen LogP contribution is -2.30. The molecule has 1 aliphatic rings. The first-order chi connectivity index (χ1) is 10.7. The van der Waals surface area contributed by atoms with Crippen LogP contribution in [0.25, 0.3) is 0 Å². The molecule has 2 aromatic carbocycles. The van der Waals surface area contributed by atoms with Crippen molar-refractivity contribution in [2.24, 2.45) is 0 Å². The lowest BCUT2D eigenvalue weighted by Gasteiger charge is -2.36. The molecule has 22 heavy (non-hydrogen) atoms. The second-order valence-electron chi connectivity index (χ2n) is 5.95. The molecule has 0 bridgehead atoms. The van der Waals surface area contributed by atoms with Crippen molar-refractivity contribution in [1.29, 1.82) is 0 Å². The van der Waals surface area contributed by atoms with E-state index in [1.807, 2.05) is 18.2 Å². The summed E-state index contributed by atoms with van der Waals surface area (Å²) in [7, 11) is 0. The minimum absolute atomic E-state index is 0.0453. The number of carboxylic acid groups (broad SMARTS) is 1. The molecule has 0 spiro atoms. The molecule has 0 amide bonds. The fourth-order valence-corrected chi connectivity index (χ4v) is 3.29. The molecule has 0 saturated carbocycles. The van der Waals surface area contributed by atoms with E-state index in [0.717, 1.165) is 25.7 Å². The first-order valence-electron chi connectivity index (χ1n) is 7.64. The molecular weight excluding hydrogens is 272 g/mol. The lowest BCUT2D eigenvalue weighted by atomic mass is 9.68. The fraction of sp³-hybridized carbons (Fsp3) is 0.250. The molecule has 0 aliphatic heterocycles. The van der Waals surface area contributed by atoms with E-state index in [4.69, 9.17) is 5.11 Å². The minimum atomic E-state index is -0.924. The molecule has 1 unspecified atom stereocenters. The van der Waals surface area contributed by atoms with E-state index < -0.39 is 5.97 Å². The Hall–Kier alpha value is -2.35. The predicted octanol–water partition coefficient (Wildman–Crippen LogP) is 4.41. The van der Waals surface area contributed by atoms with Gasteiger partial charge in [-0.15, -0.1) is 0 Å². The highest BCUT2D eigenvalue weighted by Crippen LogP contribution is 2.39. The second-order valence-corrected chi connectivity index (χ2v) is 5.95. The van der Waals surface area contributed by atoms with Crippen molar-refractivity contribution in [2.45, 2.75) is 31.1 Å². The van der Waals surface area contributed by atoms with Gasteiger partial charge in [-0.25, -0.2) is 4.79 Å². The van der Waals surface area contributed by atoms with Crippen LogP contribution in [0.4, 0.5) is 0 Å². The van der Waals surface area contributed by atoms with Gasteiger partial charge in [0.15, 0.2) is 0 Å². The number of benzene rings is 2. The van der Waals surface area contributed by atoms with Crippen LogP contribution in [0.2, 0.25) is 0 Å². The zero-order valence-electron chi connectivity index (χ0n) is 12.5. The molecule has 111 valence electrons. The smallest absolute Gasteiger partial charge is 0.336 e. The summed E-state index contributed by atoms with van der Waals surface area (Å²) in [6.07, 6.45) is 8.59. The summed E-state index contributed by atoms with van der Waals surface area (Å²) in [5.41, 5.74) is 2.78. The minimum Gasteiger partial charge on any atom is -0.478 e. The maximum Gasteiger partial charge on any atom is 0.336 e. The second kappa shape index (κ2) is 6.18. The Bertz CT molecular complexity index is 671. The largest absolute Gasteiger partial charge is 0.478 e. The number of aromatic carboxylic acids is 1. The molecule has 1 aliphatic carbocycles. The number of carbonyl (C=O) groups is 1. The summed E-state index contributed by atoms with van der Waals surface area (Å²) in [6, 6.07) is 18.9.